The van der Waals surface area contributed by atoms with E-state index in [0.29, 0.717) is 11.5 Å². The first kappa shape index (κ1) is 13.7. The lowest BCUT2D eigenvalue weighted by atomic mass is 10.2. The summed E-state index contributed by atoms with van der Waals surface area (Å²) in [5.74, 6) is 0.0507. The summed E-state index contributed by atoms with van der Waals surface area (Å²) in [6.07, 6.45) is 1.19. The second kappa shape index (κ2) is 5.48. The number of hydrogen-bond donors (Lipinski definition) is 2. The van der Waals surface area contributed by atoms with E-state index in [1.807, 2.05) is 19.1 Å². The van der Waals surface area contributed by atoms with Crippen molar-refractivity contribution in [2.24, 2.45) is 0 Å². The van der Waals surface area contributed by atoms with E-state index in [0.717, 1.165) is 5.56 Å². The van der Waals surface area contributed by atoms with E-state index >= 15 is 0 Å². The van der Waals surface area contributed by atoms with Crippen molar-refractivity contribution in [1.82, 2.24) is 4.98 Å². The molecule has 0 fully saturated rings. The zero-order chi connectivity index (χ0) is 14.7. The third-order valence-electron chi connectivity index (χ3n) is 2.65. The van der Waals surface area contributed by atoms with Gasteiger partial charge in [-0.25, -0.2) is 9.78 Å². The van der Waals surface area contributed by atoms with Crippen LogP contribution in [0.4, 0.5) is 5.69 Å². The van der Waals surface area contributed by atoms with E-state index in [9.17, 15) is 4.79 Å². The summed E-state index contributed by atoms with van der Waals surface area (Å²) in [4.78, 5) is 14.7. The van der Waals surface area contributed by atoms with E-state index in [1.54, 1.807) is 6.07 Å². The fourth-order valence-electron chi connectivity index (χ4n) is 1.63. The number of aromatic nitrogens is 1. The van der Waals surface area contributed by atoms with Crippen LogP contribution >= 0.6 is 0 Å². The summed E-state index contributed by atoms with van der Waals surface area (Å²) in [7, 11) is 1.53. The second-order valence-electron chi connectivity index (χ2n) is 4.18. The smallest absolute Gasteiger partial charge is 0.337 e. The summed E-state index contributed by atoms with van der Waals surface area (Å²) in [6.45, 7) is 1.93. The molecular formula is C14H14N2O4. The predicted molar refractivity (Wildman–Crippen MR) is 73.4 cm³/mol. The largest absolute Gasteiger partial charge is 0.493 e. The van der Waals surface area contributed by atoms with Gasteiger partial charge in [0.15, 0.2) is 11.5 Å². The molecule has 20 heavy (non-hydrogen) atoms. The van der Waals surface area contributed by atoms with Crippen LogP contribution in [0.1, 0.15) is 15.9 Å². The van der Waals surface area contributed by atoms with Crippen molar-refractivity contribution in [1.29, 1.82) is 0 Å². The van der Waals surface area contributed by atoms with Crippen LogP contribution in [0.3, 0.4) is 0 Å². The van der Waals surface area contributed by atoms with Crippen molar-refractivity contribution < 1.29 is 19.4 Å². The maximum absolute atomic E-state index is 10.8. The molecule has 0 unspecified atom stereocenters. The highest BCUT2D eigenvalue weighted by Crippen LogP contribution is 2.33. The zero-order valence-corrected chi connectivity index (χ0v) is 11.1. The van der Waals surface area contributed by atoms with E-state index in [-0.39, 0.29) is 17.1 Å². The van der Waals surface area contributed by atoms with Crippen LogP contribution in [0.5, 0.6) is 17.4 Å². The Bertz CT molecular complexity index is 656. The molecule has 0 atom stereocenters. The van der Waals surface area contributed by atoms with E-state index in [2.05, 4.69) is 4.98 Å². The molecule has 1 aromatic heterocycles. The first-order valence-corrected chi connectivity index (χ1v) is 5.82. The summed E-state index contributed by atoms with van der Waals surface area (Å²) in [5, 5.41) is 8.85. The topological polar surface area (TPSA) is 94.7 Å². The van der Waals surface area contributed by atoms with Crippen LogP contribution in [0, 0.1) is 6.92 Å². The first-order chi connectivity index (χ1) is 9.51. The van der Waals surface area contributed by atoms with E-state index in [1.165, 1.54) is 19.4 Å². The van der Waals surface area contributed by atoms with Gasteiger partial charge < -0.3 is 20.3 Å². The van der Waals surface area contributed by atoms with Crippen molar-refractivity contribution in [3.8, 4) is 17.4 Å². The SMILES string of the molecule is COc1cc(C)ccc1Oc1ncc(C(=O)O)cc1N. The van der Waals surface area contributed by atoms with Gasteiger partial charge in [-0.2, -0.15) is 0 Å². The molecule has 0 bridgehead atoms. The highest BCUT2D eigenvalue weighted by molar-refractivity contribution is 5.88. The molecule has 0 saturated carbocycles. The number of ether oxygens (including phenoxy) is 2. The maximum Gasteiger partial charge on any atom is 0.337 e. The Hall–Kier alpha value is -2.76. The van der Waals surface area contributed by atoms with Gasteiger partial charge in [0.05, 0.1) is 18.4 Å². The molecule has 0 spiro atoms. The molecular weight excluding hydrogens is 260 g/mol. The lowest BCUT2D eigenvalue weighted by Gasteiger charge is -2.11. The molecule has 0 radical (unpaired) electrons. The molecule has 2 rings (SSSR count). The quantitative estimate of drug-likeness (QED) is 0.889. The summed E-state index contributed by atoms with van der Waals surface area (Å²) in [6, 6.07) is 6.71. The van der Waals surface area contributed by atoms with Gasteiger partial charge in [0.25, 0.3) is 0 Å². The number of carbonyl (C=O) groups is 1. The number of rotatable bonds is 4. The Balaban J connectivity index is 2.33. The Labute approximate surface area is 115 Å². The van der Waals surface area contributed by atoms with Crippen LogP contribution in [0.25, 0.3) is 0 Å². The summed E-state index contributed by atoms with van der Waals surface area (Å²) in [5.41, 5.74) is 6.91. The van der Waals surface area contributed by atoms with Gasteiger partial charge in [-0.05, 0) is 30.7 Å². The highest BCUT2D eigenvalue weighted by Gasteiger charge is 2.12. The van der Waals surface area contributed by atoms with Crippen LogP contribution in [-0.4, -0.2) is 23.2 Å². The number of aryl methyl sites for hydroxylation is 1. The normalized spacial score (nSPS) is 10.1. The van der Waals surface area contributed by atoms with Crippen molar-refractivity contribution in [2.45, 2.75) is 6.92 Å². The second-order valence-corrected chi connectivity index (χ2v) is 4.18. The Kier molecular flexibility index (Phi) is 3.74. The molecule has 0 amide bonds. The summed E-state index contributed by atoms with van der Waals surface area (Å²) >= 11 is 0. The van der Waals surface area contributed by atoms with Gasteiger partial charge in [-0.15, -0.1) is 0 Å². The minimum Gasteiger partial charge on any atom is -0.493 e. The maximum atomic E-state index is 10.8. The van der Waals surface area contributed by atoms with Crippen molar-refractivity contribution >= 4 is 11.7 Å². The highest BCUT2D eigenvalue weighted by atomic mass is 16.5. The van der Waals surface area contributed by atoms with Gasteiger partial charge >= 0.3 is 5.97 Å². The number of carboxylic acids is 1. The molecule has 6 heteroatoms. The predicted octanol–water partition coefficient (Wildman–Crippen LogP) is 2.47. The molecule has 1 aromatic carbocycles. The first-order valence-electron chi connectivity index (χ1n) is 5.82. The Morgan fingerprint density at radius 2 is 2.05 bits per heavy atom. The van der Waals surface area contributed by atoms with Gasteiger partial charge in [0, 0.05) is 6.20 Å². The molecule has 0 aliphatic heterocycles. The average molecular weight is 274 g/mol. The van der Waals surface area contributed by atoms with Crippen LogP contribution in [0.15, 0.2) is 30.5 Å². The number of hydrogen-bond acceptors (Lipinski definition) is 5. The Morgan fingerprint density at radius 3 is 2.65 bits per heavy atom. The van der Waals surface area contributed by atoms with Gasteiger partial charge in [-0.3, -0.25) is 0 Å². The van der Waals surface area contributed by atoms with Crippen LogP contribution < -0.4 is 15.2 Å². The number of carboxylic acid groups (broad SMARTS) is 1. The van der Waals surface area contributed by atoms with Crippen molar-refractivity contribution in [3.63, 3.8) is 0 Å². The van der Waals surface area contributed by atoms with Crippen LogP contribution in [-0.2, 0) is 0 Å². The van der Waals surface area contributed by atoms with E-state index in [4.69, 9.17) is 20.3 Å². The number of nitrogens with zero attached hydrogens (tertiary/aromatic N) is 1. The number of pyridine rings is 1. The van der Waals surface area contributed by atoms with Crippen molar-refractivity contribution in [3.05, 3.63) is 41.6 Å². The van der Waals surface area contributed by atoms with Crippen LogP contribution in [0.2, 0.25) is 0 Å². The molecule has 104 valence electrons. The molecule has 1 heterocycles. The lowest BCUT2D eigenvalue weighted by Crippen LogP contribution is -2.02. The molecule has 0 aliphatic rings. The van der Waals surface area contributed by atoms with Gasteiger partial charge in [0.1, 0.15) is 0 Å². The minimum atomic E-state index is -1.09. The minimum absolute atomic E-state index is 0.00530. The fourth-order valence-corrected chi connectivity index (χ4v) is 1.63. The molecule has 6 nitrogen and oxygen atoms in total. The number of anilines is 1. The number of aromatic carboxylic acids is 1. The van der Waals surface area contributed by atoms with Crippen molar-refractivity contribution in [2.75, 3.05) is 12.8 Å². The fraction of sp³-hybridized carbons (Fsp3) is 0.143. The number of nitrogens with two attached hydrogens (primary N) is 1. The Morgan fingerprint density at radius 1 is 1.30 bits per heavy atom. The molecule has 3 N–H and O–H groups in total. The van der Waals surface area contributed by atoms with E-state index < -0.39 is 5.97 Å². The third kappa shape index (κ3) is 2.80. The monoisotopic (exact) mass is 274 g/mol. The standard InChI is InChI=1S/C14H14N2O4/c1-8-3-4-11(12(5-8)19-2)20-13-10(15)6-9(7-16-13)14(17)18/h3-7H,15H2,1-2H3,(H,17,18). The average Bonchev–Trinajstić information content (AvgIpc) is 2.42. The van der Waals surface area contributed by atoms with Gasteiger partial charge in [-0.1, -0.05) is 6.07 Å². The lowest BCUT2D eigenvalue weighted by molar-refractivity contribution is 0.0696. The summed E-state index contributed by atoms with van der Waals surface area (Å²) < 4.78 is 10.8. The molecule has 0 saturated heterocycles. The zero-order valence-electron chi connectivity index (χ0n) is 11.1. The third-order valence-corrected chi connectivity index (χ3v) is 2.65. The number of benzene rings is 1. The van der Waals surface area contributed by atoms with Gasteiger partial charge in [0.2, 0.25) is 5.88 Å². The molecule has 0 aliphatic carbocycles. The number of methoxy groups -OCH3 is 1. The molecule has 2 aromatic rings. The number of nitrogen functional groups attached to an aromatic ring is 1.